The summed E-state index contributed by atoms with van der Waals surface area (Å²) in [5, 5.41) is 0. The van der Waals surface area contributed by atoms with Crippen LogP contribution in [0.5, 0.6) is 5.75 Å². The van der Waals surface area contributed by atoms with Crippen LogP contribution in [-0.2, 0) is 10.5 Å². The molecule has 1 nitrogen and oxygen atoms in total. The van der Waals surface area contributed by atoms with Gasteiger partial charge in [-0.25, -0.2) is 0 Å². The van der Waals surface area contributed by atoms with E-state index in [9.17, 15) is 0 Å². The highest BCUT2D eigenvalue weighted by atomic mass is 32.2. The fourth-order valence-electron chi connectivity index (χ4n) is 3.11. The summed E-state index contributed by atoms with van der Waals surface area (Å²) in [6, 6.07) is 15.4. The van der Waals surface area contributed by atoms with Crippen LogP contribution in [0.25, 0.3) is 0 Å². The molecular weight excluding hydrogens is 284 g/mol. The molecule has 1 spiro atoms. The molecule has 20 heavy (non-hydrogen) atoms. The Morgan fingerprint density at radius 2 is 1.80 bits per heavy atom. The maximum absolute atomic E-state index is 5.44. The summed E-state index contributed by atoms with van der Waals surface area (Å²) < 4.78 is 5.60. The first-order valence-electron chi connectivity index (χ1n) is 6.95. The molecule has 3 heteroatoms. The number of benzene rings is 2. The lowest BCUT2D eigenvalue weighted by molar-refractivity contribution is 0.413. The molecule has 1 heterocycles. The van der Waals surface area contributed by atoms with E-state index in [1.807, 2.05) is 23.5 Å². The second-order valence-electron chi connectivity index (χ2n) is 5.28. The molecule has 2 aromatic carbocycles. The van der Waals surface area contributed by atoms with Gasteiger partial charge in [-0.05, 0) is 54.7 Å². The monoisotopic (exact) mass is 300 g/mol. The molecule has 0 unspecified atom stereocenters. The first kappa shape index (κ1) is 12.7. The van der Waals surface area contributed by atoms with Crippen LogP contribution in [0.4, 0.5) is 0 Å². The van der Waals surface area contributed by atoms with Crippen LogP contribution < -0.4 is 4.74 Å². The Bertz CT molecular complexity index is 641. The van der Waals surface area contributed by atoms with Crippen molar-refractivity contribution in [3.63, 3.8) is 0 Å². The smallest absolute Gasteiger partial charge is 0.119 e. The van der Waals surface area contributed by atoms with Gasteiger partial charge in [0.2, 0.25) is 0 Å². The molecule has 0 saturated carbocycles. The van der Waals surface area contributed by atoms with E-state index >= 15 is 0 Å². The third kappa shape index (κ3) is 1.87. The summed E-state index contributed by atoms with van der Waals surface area (Å²) in [7, 11) is 1.75. The van der Waals surface area contributed by atoms with Gasteiger partial charge in [0.1, 0.15) is 5.75 Å². The summed E-state index contributed by atoms with van der Waals surface area (Å²) in [6.07, 6.45) is 3.70. The molecule has 4 rings (SSSR count). The van der Waals surface area contributed by atoms with E-state index in [4.69, 9.17) is 4.74 Å². The number of fused-ring (bicyclic) bond motifs is 3. The quantitative estimate of drug-likeness (QED) is 0.726. The van der Waals surface area contributed by atoms with Gasteiger partial charge in [-0.3, -0.25) is 0 Å². The summed E-state index contributed by atoms with van der Waals surface area (Å²) in [4.78, 5) is 2.85. The number of aryl methyl sites for hydroxylation is 1. The van der Waals surface area contributed by atoms with Crippen LogP contribution in [0.1, 0.15) is 24.0 Å². The Labute approximate surface area is 128 Å². The maximum atomic E-state index is 5.44. The Kier molecular flexibility index (Phi) is 3.00. The van der Waals surface area contributed by atoms with Crippen LogP contribution in [-0.4, -0.2) is 7.11 Å². The molecule has 2 aliphatic rings. The molecule has 102 valence electrons. The Morgan fingerprint density at radius 3 is 2.50 bits per heavy atom. The van der Waals surface area contributed by atoms with Gasteiger partial charge < -0.3 is 4.74 Å². The highest BCUT2D eigenvalue weighted by Crippen LogP contribution is 2.65. The molecule has 1 aliphatic carbocycles. The van der Waals surface area contributed by atoms with Crippen molar-refractivity contribution in [3.8, 4) is 5.75 Å². The first-order chi connectivity index (χ1) is 9.81. The van der Waals surface area contributed by atoms with Crippen molar-refractivity contribution in [3.05, 3.63) is 53.6 Å². The Morgan fingerprint density at radius 1 is 1.05 bits per heavy atom. The van der Waals surface area contributed by atoms with Crippen LogP contribution in [0.3, 0.4) is 0 Å². The van der Waals surface area contributed by atoms with E-state index in [0.717, 1.165) is 5.75 Å². The van der Waals surface area contributed by atoms with Crippen molar-refractivity contribution >= 4 is 23.5 Å². The van der Waals surface area contributed by atoms with Crippen LogP contribution >= 0.6 is 23.5 Å². The zero-order valence-electron chi connectivity index (χ0n) is 11.4. The second-order valence-corrected chi connectivity index (χ2v) is 8.22. The van der Waals surface area contributed by atoms with Crippen LogP contribution in [0.2, 0.25) is 0 Å². The van der Waals surface area contributed by atoms with Gasteiger partial charge in [-0.15, -0.1) is 23.5 Å². The molecule has 0 radical (unpaired) electrons. The number of methoxy groups -OCH3 is 1. The van der Waals surface area contributed by atoms with Crippen molar-refractivity contribution < 1.29 is 4.74 Å². The SMILES string of the molecule is COc1ccc2c(c1)C1(CCC2)Sc2ccccc2S1. The van der Waals surface area contributed by atoms with Crippen LogP contribution in [0, 0.1) is 0 Å². The predicted molar refractivity (Wildman–Crippen MR) is 85.8 cm³/mol. The zero-order valence-corrected chi connectivity index (χ0v) is 13.0. The van der Waals surface area contributed by atoms with Crippen molar-refractivity contribution in [2.45, 2.75) is 33.1 Å². The fraction of sp³-hybridized carbons (Fsp3) is 0.294. The van der Waals surface area contributed by atoms with Crippen molar-refractivity contribution in [1.29, 1.82) is 0 Å². The first-order valence-corrected chi connectivity index (χ1v) is 8.58. The lowest BCUT2D eigenvalue weighted by Gasteiger charge is -2.34. The van der Waals surface area contributed by atoms with E-state index < -0.39 is 0 Å². The maximum Gasteiger partial charge on any atom is 0.119 e. The third-order valence-electron chi connectivity index (χ3n) is 4.08. The van der Waals surface area contributed by atoms with E-state index in [-0.39, 0.29) is 4.08 Å². The van der Waals surface area contributed by atoms with E-state index in [0.29, 0.717) is 0 Å². The number of thioether (sulfide) groups is 2. The van der Waals surface area contributed by atoms with Gasteiger partial charge >= 0.3 is 0 Å². The van der Waals surface area contributed by atoms with E-state index in [1.165, 1.54) is 40.2 Å². The molecule has 0 N–H and O–H groups in total. The molecule has 0 bridgehead atoms. The van der Waals surface area contributed by atoms with Gasteiger partial charge in [0.25, 0.3) is 0 Å². The number of hydrogen-bond donors (Lipinski definition) is 0. The lowest BCUT2D eigenvalue weighted by Crippen LogP contribution is -2.21. The zero-order chi connectivity index (χ0) is 13.6. The molecule has 1 aliphatic heterocycles. The minimum absolute atomic E-state index is 0.159. The van der Waals surface area contributed by atoms with Gasteiger partial charge in [0.05, 0.1) is 11.2 Å². The second kappa shape index (κ2) is 4.74. The molecule has 0 saturated heterocycles. The van der Waals surface area contributed by atoms with Gasteiger partial charge in [-0.2, -0.15) is 0 Å². The molecule has 0 fully saturated rings. The van der Waals surface area contributed by atoms with E-state index in [2.05, 4.69) is 42.5 Å². The van der Waals surface area contributed by atoms with Crippen molar-refractivity contribution in [2.75, 3.05) is 7.11 Å². The minimum Gasteiger partial charge on any atom is -0.497 e. The molecule has 0 amide bonds. The van der Waals surface area contributed by atoms with Crippen molar-refractivity contribution in [1.82, 2.24) is 0 Å². The molecular formula is C17H16OS2. The molecule has 0 atom stereocenters. The van der Waals surface area contributed by atoms with Crippen LogP contribution in [0.15, 0.2) is 52.3 Å². The topological polar surface area (TPSA) is 9.23 Å². The Balaban J connectivity index is 1.83. The van der Waals surface area contributed by atoms with Gasteiger partial charge in [-0.1, -0.05) is 18.2 Å². The lowest BCUT2D eigenvalue weighted by atomic mass is 9.90. The average molecular weight is 300 g/mol. The molecule has 2 aromatic rings. The average Bonchev–Trinajstić information content (AvgIpc) is 2.86. The summed E-state index contributed by atoms with van der Waals surface area (Å²) >= 11 is 4.06. The highest BCUT2D eigenvalue weighted by molar-refractivity contribution is 8.20. The number of hydrogen-bond acceptors (Lipinski definition) is 3. The fourth-order valence-corrected chi connectivity index (χ4v) is 6.50. The minimum atomic E-state index is 0.159. The summed E-state index contributed by atoms with van der Waals surface area (Å²) in [5.74, 6) is 0.974. The normalized spacial score (nSPS) is 18.6. The standard InChI is InChI=1S/C17H16OS2/c1-18-13-9-8-12-5-4-10-17(14(12)11-13)19-15-6-2-3-7-16(15)20-17/h2-3,6-9,11H,4-5,10H2,1H3. The van der Waals surface area contributed by atoms with Gasteiger partial charge in [0, 0.05) is 9.79 Å². The molecule has 0 aromatic heterocycles. The van der Waals surface area contributed by atoms with E-state index in [1.54, 1.807) is 7.11 Å². The summed E-state index contributed by atoms with van der Waals surface area (Å²) in [5.41, 5.74) is 2.96. The van der Waals surface area contributed by atoms with Crippen molar-refractivity contribution in [2.24, 2.45) is 0 Å². The van der Waals surface area contributed by atoms with Gasteiger partial charge in [0.15, 0.2) is 0 Å². The highest BCUT2D eigenvalue weighted by Gasteiger charge is 2.43. The number of ether oxygens (including phenoxy) is 1. The largest absolute Gasteiger partial charge is 0.497 e. The summed E-state index contributed by atoms with van der Waals surface area (Å²) in [6.45, 7) is 0. The number of rotatable bonds is 1. The predicted octanol–water partition coefficient (Wildman–Crippen LogP) is 5.08. The Hall–Kier alpha value is -1.06. The third-order valence-corrected chi connectivity index (χ3v) is 7.37.